The molecule has 9 heteroatoms. The fourth-order valence-corrected chi connectivity index (χ4v) is 4.26. The summed E-state index contributed by atoms with van der Waals surface area (Å²) in [4.78, 5) is 38.4. The van der Waals surface area contributed by atoms with Gasteiger partial charge >= 0.3 is 0 Å². The average molecular weight is 538 g/mol. The molecule has 3 rings (SSSR count). The van der Waals surface area contributed by atoms with Gasteiger partial charge in [-0.05, 0) is 89.7 Å². The maximum atomic E-state index is 12.7. The molecule has 1 heterocycles. The van der Waals surface area contributed by atoms with E-state index in [1.165, 1.54) is 0 Å². The van der Waals surface area contributed by atoms with Crippen molar-refractivity contribution < 1.29 is 24.2 Å². The summed E-state index contributed by atoms with van der Waals surface area (Å²) in [7, 11) is 0. The average Bonchev–Trinajstić information content (AvgIpc) is 2.93. The maximum absolute atomic E-state index is 12.7. The number of hydrogen-bond acceptors (Lipinski definition) is 6. The zero-order valence-electron chi connectivity index (χ0n) is 16.3. The van der Waals surface area contributed by atoms with Crippen LogP contribution in [-0.2, 0) is 9.59 Å². The van der Waals surface area contributed by atoms with Gasteiger partial charge in [0, 0.05) is 5.69 Å². The third-order valence-corrected chi connectivity index (χ3v) is 5.86. The lowest BCUT2D eigenvalue weighted by Crippen LogP contribution is -2.36. The van der Waals surface area contributed by atoms with Gasteiger partial charge in [0.15, 0.2) is 11.5 Å². The Labute approximate surface area is 191 Å². The number of halogens is 1. The van der Waals surface area contributed by atoms with Crippen molar-refractivity contribution in [1.82, 2.24) is 4.90 Å². The minimum Gasteiger partial charge on any atom is -0.504 e. The number of anilines is 1. The van der Waals surface area contributed by atoms with Gasteiger partial charge in [-0.15, -0.1) is 0 Å². The summed E-state index contributed by atoms with van der Waals surface area (Å²) >= 11 is 2.73. The molecule has 0 saturated carbocycles. The first kappa shape index (κ1) is 22.2. The summed E-state index contributed by atoms with van der Waals surface area (Å²) in [5.41, 5.74) is 2.19. The number of benzene rings is 2. The van der Waals surface area contributed by atoms with E-state index >= 15 is 0 Å². The molecule has 0 aliphatic carbocycles. The summed E-state index contributed by atoms with van der Waals surface area (Å²) in [5, 5.41) is 12.2. The molecule has 0 aromatic heterocycles. The first-order valence-corrected chi connectivity index (χ1v) is 10.9. The smallest absolute Gasteiger partial charge is 0.294 e. The van der Waals surface area contributed by atoms with Crippen molar-refractivity contribution in [2.24, 2.45) is 0 Å². The molecular weight excluding hydrogens is 519 g/mol. The summed E-state index contributed by atoms with van der Waals surface area (Å²) in [6, 6.07) is 10.5. The highest BCUT2D eigenvalue weighted by Crippen LogP contribution is 2.36. The zero-order valence-corrected chi connectivity index (χ0v) is 19.2. The quantitative estimate of drug-likeness (QED) is 0.419. The molecule has 0 spiro atoms. The van der Waals surface area contributed by atoms with Crippen LogP contribution in [0.5, 0.6) is 11.5 Å². The largest absolute Gasteiger partial charge is 0.504 e. The summed E-state index contributed by atoms with van der Waals surface area (Å²) in [6.07, 6.45) is 1.55. The minimum absolute atomic E-state index is 0.0236. The molecule has 0 bridgehead atoms. The Hall–Kier alpha value is -2.53. The Morgan fingerprint density at radius 3 is 2.77 bits per heavy atom. The van der Waals surface area contributed by atoms with E-state index in [-0.39, 0.29) is 17.2 Å². The molecule has 1 aliphatic rings. The summed E-state index contributed by atoms with van der Waals surface area (Å²) in [5.74, 6) is -0.671. The second kappa shape index (κ2) is 9.52. The van der Waals surface area contributed by atoms with Crippen LogP contribution in [0.15, 0.2) is 41.3 Å². The monoisotopic (exact) mass is 538 g/mol. The van der Waals surface area contributed by atoms with Crippen LogP contribution in [-0.4, -0.2) is 40.2 Å². The number of rotatable bonds is 6. The van der Waals surface area contributed by atoms with Gasteiger partial charge in [0.1, 0.15) is 6.54 Å². The molecule has 1 fully saturated rings. The van der Waals surface area contributed by atoms with Crippen molar-refractivity contribution in [3.8, 4) is 11.5 Å². The zero-order chi connectivity index (χ0) is 21.8. The fraction of sp³-hybridized carbons (Fsp3) is 0.190. The number of imide groups is 1. The fourth-order valence-electron chi connectivity index (χ4n) is 2.80. The number of phenols is 1. The second-order valence-corrected chi connectivity index (χ2v) is 8.62. The minimum atomic E-state index is -0.537. The lowest BCUT2D eigenvalue weighted by Gasteiger charge is -2.12. The Morgan fingerprint density at radius 1 is 1.30 bits per heavy atom. The number of nitrogens with one attached hydrogen (secondary N) is 1. The lowest BCUT2D eigenvalue weighted by atomic mass is 10.2. The van der Waals surface area contributed by atoms with Crippen LogP contribution in [0.3, 0.4) is 0 Å². The van der Waals surface area contributed by atoms with Crippen LogP contribution >= 0.6 is 34.4 Å². The number of amides is 3. The number of thioether (sulfide) groups is 1. The van der Waals surface area contributed by atoms with Crippen LogP contribution in [0.4, 0.5) is 10.5 Å². The molecule has 0 radical (unpaired) electrons. The highest BCUT2D eigenvalue weighted by atomic mass is 127. The maximum Gasteiger partial charge on any atom is 0.294 e. The molecule has 2 aromatic carbocycles. The van der Waals surface area contributed by atoms with E-state index in [1.807, 2.05) is 41.6 Å². The molecule has 2 N–H and O–H groups in total. The summed E-state index contributed by atoms with van der Waals surface area (Å²) < 4.78 is 5.96. The molecule has 7 nitrogen and oxygen atoms in total. The van der Waals surface area contributed by atoms with Gasteiger partial charge in [-0.1, -0.05) is 12.1 Å². The number of carbonyl (C=O) groups is 3. The van der Waals surface area contributed by atoms with Crippen molar-refractivity contribution in [3.63, 3.8) is 0 Å². The molecule has 0 atom stereocenters. The Morgan fingerprint density at radius 2 is 2.07 bits per heavy atom. The van der Waals surface area contributed by atoms with Crippen molar-refractivity contribution >= 4 is 63.2 Å². The van der Waals surface area contributed by atoms with Gasteiger partial charge < -0.3 is 15.2 Å². The van der Waals surface area contributed by atoms with Crippen LogP contribution in [0.1, 0.15) is 18.1 Å². The van der Waals surface area contributed by atoms with Crippen molar-refractivity contribution in [2.45, 2.75) is 13.8 Å². The van der Waals surface area contributed by atoms with Crippen LogP contribution in [0.2, 0.25) is 0 Å². The Kier molecular flexibility index (Phi) is 7.03. The third-order valence-electron chi connectivity index (χ3n) is 4.13. The highest BCUT2D eigenvalue weighted by Gasteiger charge is 2.36. The van der Waals surface area contributed by atoms with Gasteiger partial charge in [0.05, 0.1) is 15.1 Å². The Bertz CT molecular complexity index is 1050. The van der Waals surface area contributed by atoms with E-state index in [0.29, 0.717) is 27.2 Å². The van der Waals surface area contributed by atoms with E-state index in [9.17, 15) is 19.5 Å². The molecule has 1 saturated heterocycles. The molecule has 30 heavy (non-hydrogen) atoms. The van der Waals surface area contributed by atoms with E-state index in [1.54, 1.807) is 37.3 Å². The normalized spacial score (nSPS) is 15.0. The van der Waals surface area contributed by atoms with E-state index in [0.717, 1.165) is 22.2 Å². The van der Waals surface area contributed by atoms with E-state index in [2.05, 4.69) is 5.32 Å². The molecular formula is C21H19IN2O5S. The second-order valence-electron chi connectivity index (χ2n) is 6.47. The number of ether oxygens (including phenoxy) is 1. The number of carbonyl (C=O) groups excluding carboxylic acids is 3. The third kappa shape index (κ3) is 5.14. The SMILES string of the molecule is CCOc1cc(/C=C2/SC(=O)N(CC(=O)Nc3cccc(C)c3)C2=O)cc(I)c1O. The number of phenolic OH excluding ortho intramolecular Hbond substituents is 1. The van der Waals surface area contributed by atoms with Gasteiger partial charge in [-0.25, -0.2) is 0 Å². The van der Waals surface area contributed by atoms with Crippen molar-refractivity contribution in [1.29, 1.82) is 0 Å². The van der Waals surface area contributed by atoms with Gasteiger partial charge in [0.2, 0.25) is 5.91 Å². The van der Waals surface area contributed by atoms with E-state index in [4.69, 9.17) is 4.74 Å². The van der Waals surface area contributed by atoms with Crippen molar-refractivity contribution in [3.05, 3.63) is 56.0 Å². The molecule has 2 aromatic rings. The molecule has 1 aliphatic heterocycles. The number of hydrogen-bond donors (Lipinski definition) is 2. The summed E-state index contributed by atoms with van der Waals surface area (Å²) in [6.45, 7) is 3.71. The highest BCUT2D eigenvalue weighted by molar-refractivity contribution is 14.1. The first-order chi connectivity index (χ1) is 14.3. The molecule has 156 valence electrons. The number of aryl methyl sites for hydroxylation is 1. The number of nitrogens with zero attached hydrogens (tertiary/aromatic N) is 1. The lowest BCUT2D eigenvalue weighted by molar-refractivity contribution is -0.127. The first-order valence-electron chi connectivity index (χ1n) is 9.05. The standard InChI is InChI=1S/C21H19IN2O5S/c1-3-29-16-9-13(8-15(22)19(16)26)10-17-20(27)24(21(28)30-17)11-18(25)23-14-6-4-5-12(2)7-14/h4-10,26H,3,11H2,1-2H3,(H,23,25)/b17-10+. The van der Waals surface area contributed by atoms with Gasteiger partial charge in [0.25, 0.3) is 11.1 Å². The molecule has 0 unspecified atom stereocenters. The van der Waals surface area contributed by atoms with Gasteiger partial charge in [-0.3, -0.25) is 19.3 Å². The van der Waals surface area contributed by atoms with Crippen LogP contribution < -0.4 is 10.1 Å². The van der Waals surface area contributed by atoms with Crippen LogP contribution in [0, 0.1) is 10.5 Å². The van der Waals surface area contributed by atoms with Gasteiger partial charge in [-0.2, -0.15) is 0 Å². The Balaban J connectivity index is 1.75. The predicted octanol–water partition coefficient (Wildman–Crippen LogP) is 4.38. The van der Waals surface area contributed by atoms with Crippen LogP contribution in [0.25, 0.3) is 6.08 Å². The number of aromatic hydroxyl groups is 1. The van der Waals surface area contributed by atoms with Crippen molar-refractivity contribution in [2.75, 3.05) is 18.5 Å². The predicted molar refractivity (Wildman–Crippen MR) is 124 cm³/mol. The van der Waals surface area contributed by atoms with E-state index < -0.39 is 17.1 Å². The topological polar surface area (TPSA) is 95.9 Å². The molecule has 3 amide bonds.